The lowest BCUT2D eigenvalue weighted by molar-refractivity contribution is 0.100. The van der Waals surface area contributed by atoms with Crippen LogP contribution < -0.4 is 21.7 Å². The van der Waals surface area contributed by atoms with Gasteiger partial charge in [-0.15, -0.1) is 0 Å². The number of carbonyl (C=O) groups is 1. The van der Waals surface area contributed by atoms with Gasteiger partial charge in [0.2, 0.25) is 5.95 Å². The highest BCUT2D eigenvalue weighted by Crippen LogP contribution is 2.27. The van der Waals surface area contributed by atoms with E-state index in [1.165, 1.54) is 17.7 Å². The van der Waals surface area contributed by atoms with Crippen molar-refractivity contribution in [1.29, 1.82) is 0 Å². The van der Waals surface area contributed by atoms with Gasteiger partial charge in [-0.05, 0) is 37.4 Å². The Morgan fingerprint density at radius 3 is 2.80 bits per heavy atom. The zero-order valence-corrected chi connectivity index (χ0v) is 15.2. The molecule has 2 aromatic heterocycles. The number of nitrogens with one attached hydrogen (secondary N) is 1. The Hall–Kier alpha value is -2.26. The number of hydrogen-bond donors (Lipinski definition) is 3. The second-order valence-electron chi connectivity index (χ2n) is 6.38. The lowest BCUT2D eigenvalue weighted by Crippen LogP contribution is -2.48. The van der Waals surface area contributed by atoms with Crippen LogP contribution in [0.4, 0.5) is 16.8 Å². The molecule has 1 saturated carbocycles. The molecular weight excluding hydrogens is 338 g/mol. The predicted octanol–water partition coefficient (Wildman–Crippen LogP) is 1.79. The third kappa shape index (κ3) is 3.88. The maximum absolute atomic E-state index is 11.7. The smallest absolute Gasteiger partial charge is 0.254 e. The molecule has 0 radical (unpaired) electrons. The molecule has 9 heteroatoms. The van der Waals surface area contributed by atoms with Crippen molar-refractivity contribution in [2.45, 2.75) is 44.7 Å². The Bertz CT molecular complexity index is 763. The fourth-order valence-corrected chi connectivity index (χ4v) is 3.79. The molecule has 0 unspecified atom stereocenters. The molecule has 1 aliphatic carbocycles. The summed E-state index contributed by atoms with van der Waals surface area (Å²) in [5.41, 5.74) is 12.9. The van der Waals surface area contributed by atoms with Crippen molar-refractivity contribution in [3.63, 3.8) is 0 Å². The zero-order valence-electron chi connectivity index (χ0n) is 14.4. The van der Waals surface area contributed by atoms with E-state index in [9.17, 15) is 4.79 Å². The predicted molar refractivity (Wildman–Crippen MR) is 99.3 cm³/mol. The van der Waals surface area contributed by atoms with Crippen molar-refractivity contribution in [1.82, 2.24) is 14.3 Å². The summed E-state index contributed by atoms with van der Waals surface area (Å²) in [5, 5.41) is 3.92. The monoisotopic (exact) mass is 361 g/mol. The Kier molecular flexibility index (Phi) is 5.14. The van der Waals surface area contributed by atoms with Gasteiger partial charge < -0.3 is 21.7 Å². The van der Waals surface area contributed by atoms with Gasteiger partial charge in [-0.25, -0.2) is 4.98 Å². The summed E-state index contributed by atoms with van der Waals surface area (Å²) in [7, 11) is 1.94. The maximum atomic E-state index is 11.7. The van der Waals surface area contributed by atoms with Crippen LogP contribution in [0.1, 0.15) is 41.7 Å². The van der Waals surface area contributed by atoms with Gasteiger partial charge in [-0.2, -0.15) is 9.36 Å². The number of primary amides is 1. The van der Waals surface area contributed by atoms with Crippen LogP contribution in [-0.2, 0) is 0 Å². The van der Waals surface area contributed by atoms with E-state index in [0.717, 1.165) is 36.4 Å². The molecule has 5 N–H and O–H groups in total. The molecule has 0 spiro atoms. The molecule has 25 heavy (non-hydrogen) atoms. The first-order valence-corrected chi connectivity index (χ1v) is 9.08. The van der Waals surface area contributed by atoms with Crippen LogP contribution in [0, 0.1) is 6.92 Å². The standard InChI is InChI=1S/C16H23N7OS/c1-9-7-13(25-22-9)20-15-10(14(18)24)8-19-16(21-15)23(2)12-6-4-3-5-11(12)17/h7-8,11-12H,3-6,17H2,1-2H3,(H2,18,24)(H,19,20,21)/t11-,12+/m0/s1. The van der Waals surface area contributed by atoms with Crippen LogP contribution in [0.15, 0.2) is 12.3 Å². The van der Waals surface area contributed by atoms with Gasteiger partial charge in [0.05, 0.1) is 5.69 Å². The number of aromatic nitrogens is 3. The zero-order chi connectivity index (χ0) is 18.0. The third-order valence-corrected chi connectivity index (χ3v) is 5.30. The van der Waals surface area contributed by atoms with Crippen LogP contribution in [-0.4, -0.2) is 39.4 Å². The summed E-state index contributed by atoms with van der Waals surface area (Å²) in [4.78, 5) is 22.6. The second-order valence-corrected chi connectivity index (χ2v) is 7.19. The molecule has 1 aliphatic rings. The lowest BCUT2D eigenvalue weighted by atomic mass is 9.90. The van der Waals surface area contributed by atoms with E-state index in [0.29, 0.717) is 11.8 Å². The number of likely N-dealkylation sites (N-methyl/N-ethyl adjacent to an activating group) is 1. The number of hydrogen-bond acceptors (Lipinski definition) is 8. The molecule has 0 saturated heterocycles. The van der Waals surface area contributed by atoms with Crippen molar-refractivity contribution in [3.05, 3.63) is 23.5 Å². The summed E-state index contributed by atoms with van der Waals surface area (Å²) in [6, 6.07) is 2.17. The third-order valence-electron chi connectivity index (χ3n) is 4.51. The van der Waals surface area contributed by atoms with E-state index < -0.39 is 5.91 Å². The normalized spacial score (nSPS) is 20.3. The number of carbonyl (C=O) groups excluding carboxylic acids is 1. The fraction of sp³-hybridized carbons (Fsp3) is 0.500. The minimum absolute atomic E-state index is 0.0960. The molecule has 0 aliphatic heterocycles. The molecule has 1 fully saturated rings. The number of rotatable bonds is 5. The van der Waals surface area contributed by atoms with Crippen LogP contribution >= 0.6 is 11.5 Å². The van der Waals surface area contributed by atoms with Crippen molar-refractivity contribution in [2.24, 2.45) is 11.5 Å². The van der Waals surface area contributed by atoms with E-state index in [4.69, 9.17) is 11.5 Å². The summed E-state index contributed by atoms with van der Waals surface area (Å²) >= 11 is 1.30. The van der Waals surface area contributed by atoms with E-state index in [1.54, 1.807) is 0 Å². The SMILES string of the molecule is Cc1cc(Nc2nc(N(C)[C@@H]3CCCC[C@@H]3N)ncc2C(N)=O)sn1. The van der Waals surface area contributed by atoms with Gasteiger partial charge >= 0.3 is 0 Å². The quantitative estimate of drug-likeness (QED) is 0.742. The molecule has 2 heterocycles. The highest BCUT2D eigenvalue weighted by molar-refractivity contribution is 7.10. The topological polar surface area (TPSA) is 123 Å². The molecule has 8 nitrogen and oxygen atoms in total. The molecule has 2 aromatic rings. The average Bonchev–Trinajstić information content (AvgIpc) is 2.99. The maximum Gasteiger partial charge on any atom is 0.254 e. The average molecular weight is 361 g/mol. The number of anilines is 3. The number of amides is 1. The lowest BCUT2D eigenvalue weighted by Gasteiger charge is -2.36. The first-order chi connectivity index (χ1) is 12.0. The molecular formula is C16H23N7OS. The van der Waals surface area contributed by atoms with Crippen LogP contribution in [0.25, 0.3) is 0 Å². The Morgan fingerprint density at radius 2 is 2.16 bits per heavy atom. The van der Waals surface area contributed by atoms with E-state index >= 15 is 0 Å². The van der Waals surface area contributed by atoms with Crippen LogP contribution in [0.3, 0.4) is 0 Å². The van der Waals surface area contributed by atoms with Crippen molar-refractivity contribution in [2.75, 3.05) is 17.3 Å². The first-order valence-electron chi connectivity index (χ1n) is 8.31. The minimum atomic E-state index is -0.577. The highest BCUT2D eigenvalue weighted by atomic mass is 32.1. The Balaban J connectivity index is 1.90. The van der Waals surface area contributed by atoms with Gasteiger partial charge in [0.25, 0.3) is 5.91 Å². The summed E-state index contributed by atoms with van der Waals surface area (Å²) in [5.74, 6) is 0.334. The molecule has 3 rings (SSSR count). The van der Waals surface area contributed by atoms with E-state index in [2.05, 4.69) is 19.7 Å². The van der Waals surface area contributed by atoms with Crippen LogP contribution in [0.5, 0.6) is 0 Å². The largest absolute Gasteiger partial charge is 0.365 e. The molecule has 0 bridgehead atoms. The molecule has 1 amide bonds. The molecule has 2 atom stereocenters. The van der Waals surface area contributed by atoms with Gasteiger partial charge in [0.1, 0.15) is 16.4 Å². The number of nitrogens with zero attached hydrogens (tertiary/aromatic N) is 4. The van der Waals surface area contributed by atoms with Crippen molar-refractivity contribution in [3.8, 4) is 0 Å². The van der Waals surface area contributed by atoms with Crippen LogP contribution in [0.2, 0.25) is 0 Å². The van der Waals surface area contributed by atoms with Gasteiger partial charge in [0.15, 0.2) is 0 Å². The van der Waals surface area contributed by atoms with E-state index in [1.807, 2.05) is 24.9 Å². The van der Waals surface area contributed by atoms with Gasteiger partial charge in [-0.1, -0.05) is 12.8 Å². The molecule has 0 aromatic carbocycles. The minimum Gasteiger partial charge on any atom is -0.365 e. The summed E-state index contributed by atoms with van der Waals surface area (Å²) in [6.07, 6.45) is 5.78. The van der Waals surface area contributed by atoms with Gasteiger partial charge in [-0.3, -0.25) is 4.79 Å². The highest BCUT2D eigenvalue weighted by Gasteiger charge is 2.27. The summed E-state index contributed by atoms with van der Waals surface area (Å²) in [6.45, 7) is 1.90. The van der Waals surface area contributed by atoms with Gasteiger partial charge in [0, 0.05) is 25.3 Å². The Labute approximate surface area is 150 Å². The molecule has 134 valence electrons. The van der Waals surface area contributed by atoms with Crippen molar-refractivity contribution < 1.29 is 4.79 Å². The summed E-state index contributed by atoms with van der Waals surface area (Å²) < 4.78 is 4.22. The van der Waals surface area contributed by atoms with E-state index in [-0.39, 0.29) is 17.6 Å². The fourth-order valence-electron chi connectivity index (χ4n) is 3.13. The number of nitrogens with two attached hydrogens (primary N) is 2. The van der Waals surface area contributed by atoms with Crippen molar-refractivity contribution >= 4 is 34.2 Å². The first kappa shape index (κ1) is 17.6. The Morgan fingerprint density at radius 1 is 1.40 bits per heavy atom. The second kappa shape index (κ2) is 7.32. The number of aryl methyl sites for hydroxylation is 1.